The number of rotatable bonds is 3. The molecule has 3 rings (SSSR count). The first-order chi connectivity index (χ1) is 12.8. The number of amides is 1. The summed E-state index contributed by atoms with van der Waals surface area (Å²) in [7, 11) is 0. The summed E-state index contributed by atoms with van der Waals surface area (Å²) in [6.07, 6.45) is 2.60. The minimum atomic E-state index is -4.64. The number of anilines is 2. The van der Waals surface area contributed by atoms with Crippen LogP contribution in [0, 0.1) is 0 Å². The Morgan fingerprint density at radius 2 is 1.78 bits per heavy atom. The quantitative estimate of drug-likeness (QED) is 0.808. The van der Waals surface area contributed by atoms with Crippen molar-refractivity contribution in [2.45, 2.75) is 31.9 Å². The van der Waals surface area contributed by atoms with E-state index in [0.717, 1.165) is 38.1 Å². The highest BCUT2D eigenvalue weighted by atomic mass is 35.5. The van der Waals surface area contributed by atoms with Crippen molar-refractivity contribution >= 4 is 29.0 Å². The fourth-order valence-electron chi connectivity index (χ4n) is 2.95. The van der Waals surface area contributed by atoms with Crippen LogP contribution in [0.25, 0.3) is 0 Å². The van der Waals surface area contributed by atoms with Gasteiger partial charge in [0, 0.05) is 18.1 Å². The molecule has 9 heteroatoms. The molecule has 0 spiro atoms. The molecular formula is C18H18ClF3N4O. The van der Waals surface area contributed by atoms with Gasteiger partial charge in [0.15, 0.2) is 0 Å². The van der Waals surface area contributed by atoms with E-state index in [9.17, 15) is 18.0 Å². The van der Waals surface area contributed by atoms with Gasteiger partial charge in [-0.1, -0.05) is 24.4 Å². The maximum atomic E-state index is 13.1. The zero-order valence-corrected chi connectivity index (χ0v) is 15.1. The molecule has 1 aliphatic rings. The number of halogens is 4. The Hall–Kier alpha value is -2.35. The second-order valence-corrected chi connectivity index (χ2v) is 6.74. The Morgan fingerprint density at radius 3 is 2.37 bits per heavy atom. The largest absolute Gasteiger partial charge is 0.418 e. The van der Waals surface area contributed by atoms with Crippen molar-refractivity contribution in [1.82, 2.24) is 9.97 Å². The number of aromatic nitrogens is 2. The number of carbonyl (C=O) groups is 1. The number of alkyl halides is 3. The third kappa shape index (κ3) is 4.88. The van der Waals surface area contributed by atoms with E-state index in [0.29, 0.717) is 5.82 Å². The summed E-state index contributed by atoms with van der Waals surface area (Å²) in [6, 6.07) is 3.16. The summed E-state index contributed by atoms with van der Waals surface area (Å²) in [5, 5.41) is 2.17. The molecule has 2 aromatic rings. The first-order valence-corrected chi connectivity index (χ1v) is 8.97. The normalized spacial score (nSPS) is 15.3. The smallest absolute Gasteiger partial charge is 0.355 e. The number of benzene rings is 1. The molecule has 1 aromatic carbocycles. The lowest BCUT2D eigenvalue weighted by Crippen LogP contribution is -2.25. The fourth-order valence-corrected chi connectivity index (χ4v) is 3.12. The monoisotopic (exact) mass is 398 g/mol. The summed E-state index contributed by atoms with van der Waals surface area (Å²) in [5.41, 5.74) is -1.45. The summed E-state index contributed by atoms with van der Waals surface area (Å²) in [4.78, 5) is 22.7. The molecule has 1 aliphatic heterocycles. The second kappa shape index (κ2) is 8.12. The predicted molar refractivity (Wildman–Crippen MR) is 97.1 cm³/mol. The van der Waals surface area contributed by atoms with Crippen LogP contribution in [0.5, 0.6) is 0 Å². The lowest BCUT2D eigenvalue weighted by atomic mass is 10.1. The standard InChI is InChI=1S/C18H18ClF3N4O/c19-12-5-6-14(13(9-12)18(20,21)22)25-17(27)15-10-24-16(11-23-15)26-7-3-1-2-4-8-26/h5-6,9-11H,1-4,7-8H2,(H,25,27). The van der Waals surface area contributed by atoms with Crippen molar-refractivity contribution in [2.75, 3.05) is 23.3 Å². The molecule has 0 radical (unpaired) electrons. The minimum absolute atomic E-state index is 0.0587. The zero-order valence-electron chi connectivity index (χ0n) is 14.4. The highest BCUT2D eigenvalue weighted by Gasteiger charge is 2.34. The van der Waals surface area contributed by atoms with E-state index in [-0.39, 0.29) is 16.4 Å². The van der Waals surface area contributed by atoms with E-state index in [1.807, 2.05) is 0 Å². The van der Waals surface area contributed by atoms with Crippen molar-refractivity contribution in [3.05, 3.63) is 46.9 Å². The predicted octanol–water partition coefficient (Wildman–Crippen LogP) is 4.78. The Labute approximate surface area is 159 Å². The van der Waals surface area contributed by atoms with Gasteiger partial charge in [0.05, 0.1) is 23.6 Å². The van der Waals surface area contributed by atoms with Crippen molar-refractivity contribution in [3.8, 4) is 0 Å². The van der Waals surface area contributed by atoms with Crippen LogP contribution in [0.2, 0.25) is 5.02 Å². The van der Waals surface area contributed by atoms with Crippen molar-refractivity contribution < 1.29 is 18.0 Å². The third-order valence-electron chi connectivity index (χ3n) is 4.34. The Bertz CT molecular complexity index is 803. The molecule has 1 aromatic heterocycles. The van der Waals surface area contributed by atoms with Gasteiger partial charge in [-0.15, -0.1) is 0 Å². The highest BCUT2D eigenvalue weighted by Crippen LogP contribution is 2.36. The maximum Gasteiger partial charge on any atom is 0.418 e. The summed E-state index contributed by atoms with van der Waals surface area (Å²) in [6.45, 7) is 1.75. The topological polar surface area (TPSA) is 58.1 Å². The van der Waals surface area contributed by atoms with Crippen LogP contribution in [0.3, 0.4) is 0 Å². The van der Waals surface area contributed by atoms with Gasteiger partial charge in [-0.2, -0.15) is 13.2 Å². The van der Waals surface area contributed by atoms with Gasteiger partial charge in [0.25, 0.3) is 5.91 Å². The molecule has 1 fully saturated rings. The van der Waals surface area contributed by atoms with Crippen LogP contribution < -0.4 is 10.2 Å². The molecule has 27 heavy (non-hydrogen) atoms. The van der Waals surface area contributed by atoms with Gasteiger partial charge in [-0.05, 0) is 31.0 Å². The van der Waals surface area contributed by atoms with Crippen LogP contribution in [-0.2, 0) is 6.18 Å². The first-order valence-electron chi connectivity index (χ1n) is 8.60. The molecule has 1 N–H and O–H groups in total. The van der Waals surface area contributed by atoms with E-state index in [1.165, 1.54) is 31.3 Å². The number of nitrogens with zero attached hydrogens (tertiary/aromatic N) is 3. The molecule has 0 aliphatic carbocycles. The average Bonchev–Trinajstić information content (AvgIpc) is 2.92. The van der Waals surface area contributed by atoms with Gasteiger partial charge in [-0.3, -0.25) is 4.79 Å². The number of nitrogens with one attached hydrogen (secondary N) is 1. The Morgan fingerprint density at radius 1 is 1.07 bits per heavy atom. The lowest BCUT2D eigenvalue weighted by Gasteiger charge is -2.20. The molecule has 1 saturated heterocycles. The lowest BCUT2D eigenvalue weighted by molar-refractivity contribution is -0.136. The molecule has 0 bridgehead atoms. The van der Waals surface area contributed by atoms with Crippen LogP contribution >= 0.6 is 11.6 Å². The highest BCUT2D eigenvalue weighted by molar-refractivity contribution is 6.30. The Kier molecular flexibility index (Phi) is 5.84. The van der Waals surface area contributed by atoms with E-state index in [4.69, 9.17) is 11.6 Å². The van der Waals surface area contributed by atoms with Crippen LogP contribution in [-0.4, -0.2) is 29.0 Å². The summed E-state index contributed by atoms with van der Waals surface area (Å²) >= 11 is 5.64. The molecule has 1 amide bonds. The van der Waals surface area contributed by atoms with Gasteiger partial charge in [0.2, 0.25) is 0 Å². The van der Waals surface area contributed by atoms with Gasteiger partial charge in [0.1, 0.15) is 11.5 Å². The van der Waals surface area contributed by atoms with E-state index >= 15 is 0 Å². The zero-order chi connectivity index (χ0) is 19.4. The van der Waals surface area contributed by atoms with Crippen LogP contribution in [0.15, 0.2) is 30.6 Å². The summed E-state index contributed by atoms with van der Waals surface area (Å²) < 4.78 is 39.4. The average molecular weight is 399 g/mol. The molecule has 144 valence electrons. The van der Waals surface area contributed by atoms with Gasteiger partial charge >= 0.3 is 6.18 Å². The van der Waals surface area contributed by atoms with E-state index < -0.39 is 17.6 Å². The van der Waals surface area contributed by atoms with Crippen molar-refractivity contribution in [2.24, 2.45) is 0 Å². The molecular weight excluding hydrogens is 381 g/mol. The number of hydrogen-bond acceptors (Lipinski definition) is 4. The van der Waals surface area contributed by atoms with Crippen LogP contribution in [0.4, 0.5) is 24.7 Å². The van der Waals surface area contributed by atoms with E-state index in [1.54, 1.807) is 0 Å². The SMILES string of the molecule is O=C(Nc1ccc(Cl)cc1C(F)(F)F)c1cnc(N2CCCCCC2)cn1. The third-order valence-corrected chi connectivity index (χ3v) is 4.57. The molecule has 5 nitrogen and oxygen atoms in total. The van der Waals surface area contributed by atoms with Crippen LogP contribution in [0.1, 0.15) is 41.7 Å². The van der Waals surface area contributed by atoms with Crippen molar-refractivity contribution in [1.29, 1.82) is 0 Å². The number of carbonyl (C=O) groups excluding carboxylic acids is 1. The van der Waals surface area contributed by atoms with Crippen molar-refractivity contribution in [3.63, 3.8) is 0 Å². The van der Waals surface area contributed by atoms with Gasteiger partial charge < -0.3 is 10.2 Å². The first kappa shape index (κ1) is 19.4. The molecule has 0 saturated carbocycles. The molecule has 2 heterocycles. The summed E-state index contributed by atoms with van der Waals surface area (Å²) in [5.74, 6) is -0.103. The fraction of sp³-hybridized carbons (Fsp3) is 0.389. The second-order valence-electron chi connectivity index (χ2n) is 6.30. The number of hydrogen-bond donors (Lipinski definition) is 1. The molecule has 0 unspecified atom stereocenters. The minimum Gasteiger partial charge on any atom is -0.355 e. The van der Waals surface area contributed by atoms with E-state index in [2.05, 4.69) is 20.2 Å². The maximum absolute atomic E-state index is 13.1. The van der Waals surface area contributed by atoms with Gasteiger partial charge in [-0.25, -0.2) is 9.97 Å². The molecule has 0 atom stereocenters. The Balaban J connectivity index is 1.75.